The summed E-state index contributed by atoms with van der Waals surface area (Å²) in [5.41, 5.74) is 3.62. The van der Waals surface area contributed by atoms with Crippen molar-refractivity contribution in [3.8, 4) is 5.75 Å². The first-order valence-electron chi connectivity index (χ1n) is 13.9. The Balaban J connectivity index is 0.00000169. The van der Waals surface area contributed by atoms with Crippen LogP contribution in [0.3, 0.4) is 0 Å². The van der Waals surface area contributed by atoms with Crippen molar-refractivity contribution < 1.29 is 52.4 Å². The zero-order valence-corrected chi connectivity index (χ0v) is 28.1. The number of aliphatic hydroxyl groups excluding tert-OH is 1. The van der Waals surface area contributed by atoms with E-state index < -0.39 is 14.5 Å². The summed E-state index contributed by atoms with van der Waals surface area (Å²) in [5, 5.41) is 27.5. The maximum Gasteiger partial charge on any atom is 0.225 e. The number of fused-ring (bicyclic) bond motifs is 1. The zero-order chi connectivity index (χ0) is 27.6. The van der Waals surface area contributed by atoms with Crippen molar-refractivity contribution in [1.29, 1.82) is 0 Å². The molecule has 43 heavy (non-hydrogen) atoms. The molecule has 0 atom stereocenters. The fraction of sp³-hybridized carbons (Fsp3) is 0.171. The van der Waals surface area contributed by atoms with Crippen molar-refractivity contribution in [2.75, 3.05) is 12.3 Å². The molecule has 0 spiro atoms. The number of aromatic nitrogens is 1. The van der Waals surface area contributed by atoms with E-state index in [0.717, 1.165) is 35.9 Å². The smallest absolute Gasteiger partial charge is 0.225 e. The van der Waals surface area contributed by atoms with Gasteiger partial charge in [-0.05, 0) is 48.5 Å². The molecule has 0 unspecified atom stereocenters. The van der Waals surface area contributed by atoms with Gasteiger partial charge in [-0.2, -0.15) is 0 Å². The Hall–Kier alpha value is -2.48. The van der Waals surface area contributed by atoms with Gasteiger partial charge in [0.15, 0.2) is 11.9 Å². The molecular formula is C35H36Cl3NO2P2. The summed E-state index contributed by atoms with van der Waals surface area (Å²) in [7, 11) is -3.96. The van der Waals surface area contributed by atoms with Gasteiger partial charge in [0.25, 0.3) is 0 Å². The highest BCUT2D eigenvalue weighted by molar-refractivity contribution is 7.92. The molecule has 0 saturated heterocycles. The lowest BCUT2D eigenvalue weighted by atomic mass is 10.1. The third-order valence-corrected chi connectivity index (χ3v) is 17.8. The van der Waals surface area contributed by atoms with E-state index in [-0.39, 0.29) is 49.6 Å². The molecule has 4 aromatic carbocycles. The number of aromatic amines is 1. The van der Waals surface area contributed by atoms with Crippen LogP contribution in [-0.4, -0.2) is 22.5 Å². The molecule has 5 aromatic rings. The van der Waals surface area contributed by atoms with E-state index in [1.165, 1.54) is 21.2 Å². The summed E-state index contributed by atoms with van der Waals surface area (Å²) in [6, 6.07) is 44.1. The van der Waals surface area contributed by atoms with Crippen LogP contribution >= 0.6 is 14.5 Å². The van der Waals surface area contributed by atoms with Crippen molar-refractivity contribution in [2.45, 2.75) is 25.9 Å². The highest BCUT2D eigenvalue weighted by atomic mass is 35.5. The fourth-order valence-electron chi connectivity index (χ4n) is 6.48. The molecule has 224 valence electrons. The lowest BCUT2D eigenvalue weighted by Crippen LogP contribution is -3.00. The lowest BCUT2D eigenvalue weighted by Gasteiger charge is -2.34. The fourth-order valence-corrected chi connectivity index (χ4v) is 16.6. The predicted octanol–water partition coefficient (Wildman–Crippen LogP) is -3.63. The number of rotatable bonds is 5. The Bertz CT molecular complexity index is 1530. The molecule has 0 amide bonds. The molecule has 0 bridgehead atoms. The van der Waals surface area contributed by atoms with Gasteiger partial charge in [0.2, 0.25) is 11.4 Å². The van der Waals surface area contributed by atoms with Crippen LogP contribution in [0, 0.1) is 6.92 Å². The Morgan fingerprint density at radius 1 is 0.581 bits per heavy atom. The molecular weight excluding hydrogens is 635 g/mol. The van der Waals surface area contributed by atoms with Gasteiger partial charge < -0.3 is 47.4 Å². The summed E-state index contributed by atoms with van der Waals surface area (Å²) < 4.78 is 0. The largest absolute Gasteiger partial charge is 1.00 e. The van der Waals surface area contributed by atoms with Crippen molar-refractivity contribution >= 4 is 35.7 Å². The van der Waals surface area contributed by atoms with E-state index in [1.54, 1.807) is 0 Å². The molecule has 0 radical (unpaired) electrons. The van der Waals surface area contributed by atoms with Gasteiger partial charge in [-0.1, -0.05) is 72.8 Å². The summed E-state index contributed by atoms with van der Waals surface area (Å²) in [4.78, 5) is 3.66. The minimum atomic E-state index is -2.01. The highest BCUT2D eigenvalue weighted by Gasteiger charge is 2.55. The van der Waals surface area contributed by atoms with E-state index >= 15 is 0 Å². The van der Waals surface area contributed by atoms with Crippen LogP contribution < -0.4 is 63.4 Å². The average molecular weight is 671 g/mol. The normalized spacial score (nSPS) is 14.8. The number of aliphatic hydroxyl groups is 1. The topological polar surface area (TPSA) is 54.6 Å². The first kappa shape index (κ1) is 35.0. The van der Waals surface area contributed by atoms with Gasteiger partial charge in [-0.25, -0.2) is 4.98 Å². The Morgan fingerprint density at radius 3 is 1.28 bits per heavy atom. The second-order valence-electron chi connectivity index (χ2n) is 10.7. The molecule has 3 N–H and O–H groups in total. The molecule has 2 heterocycles. The average Bonchev–Trinajstić information content (AvgIpc) is 3.01. The molecule has 3 nitrogen and oxygen atoms in total. The minimum absolute atomic E-state index is 0. The second kappa shape index (κ2) is 15.0. The molecule has 0 fully saturated rings. The van der Waals surface area contributed by atoms with Crippen molar-refractivity contribution in [2.24, 2.45) is 0 Å². The molecule has 1 aliphatic heterocycles. The number of hydrogen-bond donors (Lipinski definition) is 2. The minimum Gasteiger partial charge on any atom is -1.00 e. The van der Waals surface area contributed by atoms with E-state index in [0.29, 0.717) is 11.3 Å². The van der Waals surface area contributed by atoms with Gasteiger partial charge in [0.05, 0.1) is 47.9 Å². The van der Waals surface area contributed by atoms with E-state index in [2.05, 4.69) is 126 Å². The van der Waals surface area contributed by atoms with Gasteiger partial charge >= 0.3 is 0 Å². The monoisotopic (exact) mass is 669 g/mol. The predicted molar refractivity (Wildman–Crippen MR) is 171 cm³/mol. The van der Waals surface area contributed by atoms with Crippen LogP contribution in [0.2, 0.25) is 0 Å². The second-order valence-corrected chi connectivity index (χ2v) is 18.2. The summed E-state index contributed by atoms with van der Waals surface area (Å²) in [6.45, 7) is 1.73. The van der Waals surface area contributed by atoms with Crippen molar-refractivity contribution in [3.63, 3.8) is 0 Å². The summed E-state index contributed by atoms with van der Waals surface area (Å²) >= 11 is 0. The summed E-state index contributed by atoms with van der Waals surface area (Å²) in [6.07, 6.45) is 3.81. The molecule has 1 aliphatic rings. The van der Waals surface area contributed by atoms with E-state index in [9.17, 15) is 10.2 Å². The van der Waals surface area contributed by atoms with Crippen LogP contribution in [-0.2, 0) is 18.9 Å². The van der Waals surface area contributed by atoms with Crippen LogP contribution in [0.15, 0.2) is 121 Å². The third kappa shape index (κ3) is 6.50. The SMILES string of the molecule is Cc1[nH+]c2c(c(CO)c1O)C[P+](c1ccccc1)(c1ccccc1)CC[P+](c1ccccc1)(c1ccccc1)C2.[Cl-].[Cl-].[Cl-]. The number of nitrogens with one attached hydrogen (secondary N) is 1. The van der Waals surface area contributed by atoms with Crippen molar-refractivity contribution in [3.05, 3.63) is 144 Å². The number of hydrogen-bond acceptors (Lipinski definition) is 2. The Kier molecular flexibility index (Phi) is 12.2. The van der Waals surface area contributed by atoms with Crippen LogP contribution in [0.25, 0.3) is 0 Å². The molecule has 0 aliphatic carbocycles. The van der Waals surface area contributed by atoms with Crippen LogP contribution in [0.5, 0.6) is 5.75 Å². The first-order chi connectivity index (χ1) is 19.6. The standard InChI is InChI=1S/C35H34NO2P2.3ClH/c1-27-35(38)32(24-37)33-25-39(28-14-6-2-7-15-28,29-16-8-3-9-17-29)22-23-40(26-34(33)36-27,30-18-10-4-11-19-30)31-20-12-5-13-21-31;;;/h2-21,37H,22-26H2,1H3;3*1H/q+1;;;/p-1. The molecule has 8 heteroatoms. The molecule has 0 saturated carbocycles. The number of halogens is 3. The zero-order valence-electron chi connectivity index (χ0n) is 24.0. The van der Waals surface area contributed by atoms with Crippen LogP contribution in [0.4, 0.5) is 0 Å². The number of aryl methyl sites for hydroxylation is 1. The van der Waals surface area contributed by atoms with Gasteiger partial charge in [0.1, 0.15) is 18.5 Å². The van der Waals surface area contributed by atoms with Gasteiger partial charge in [-0.15, -0.1) is 0 Å². The first-order valence-corrected chi connectivity index (χ1v) is 18.2. The van der Waals surface area contributed by atoms with Gasteiger partial charge in [0, 0.05) is 12.5 Å². The molecule has 6 rings (SSSR count). The van der Waals surface area contributed by atoms with E-state index in [1.807, 2.05) is 6.92 Å². The number of aromatic hydroxyl groups is 1. The quantitative estimate of drug-likeness (QED) is 0.190. The Morgan fingerprint density at radius 2 is 0.930 bits per heavy atom. The summed E-state index contributed by atoms with van der Waals surface area (Å²) in [5.74, 6) is 0.185. The van der Waals surface area contributed by atoms with Gasteiger partial charge in [-0.3, -0.25) is 0 Å². The van der Waals surface area contributed by atoms with Crippen molar-refractivity contribution in [1.82, 2.24) is 0 Å². The lowest BCUT2D eigenvalue weighted by molar-refractivity contribution is -0.399. The number of H-pyrrole nitrogens is 1. The third-order valence-electron chi connectivity index (χ3n) is 8.59. The highest BCUT2D eigenvalue weighted by Crippen LogP contribution is 2.68. The number of pyridine rings is 1. The van der Waals surface area contributed by atoms with Crippen LogP contribution in [0.1, 0.15) is 22.5 Å². The maximum absolute atomic E-state index is 11.2. The Labute approximate surface area is 274 Å². The number of benzene rings is 4. The molecule has 1 aromatic heterocycles. The van der Waals surface area contributed by atoms with E-state index in [4.69, 9.17) is 0 Å². The maximum atomic E-state index is 11.2.